The van der Waals surface area contributed by atoms with Gasteiger partial charge in [-0.3, -0.25) is 4.79 Å². The van der Waals surface area contributed by atoms with Gasteiger partial charge in [-0.05, 0) is 5.56 Å². The van der Waals surface area contributed by atoms with E-state index in [-0.39, 0.29) is 18.5 Å². The molecule has 1 aromatic carbocycles. The highest BCUT2D eigenvalue weighted by Gasteiger charge is 2.18. The minimum Gasteiger partial charge on any atom is -0.341 e. The lowest BCUT2D eigenvalue weighted by molar-refractivity contribution is -0.122. The van der Waals surface area contributed by atoms with Gasteiger partial charge in [0.05, 0.1) is 6.33 Å². The van der Waals surface area contributed by atoms with Crippen molar-refractivity contribution < 1.29 is 4.79 Å². The Morgan fingerprint density at radius 2 is 2.14 bits per heavy atom. The first-order valence-electron chi connectivity index (χ1n) is 6.52. The maximum atomic E-state index is 12.2. The lowest BCUT2D eigenvalue weighted by Gasteiger charge is -2.17. The number of carbonyl (C=O) groups excluding carboxylic acids is 1. The Kier molecular flexibility index (Phi) is 4.07. The maximum Gasteiger partial charge on any atom is 0.240 e. The van der Waals surface area contributed by atoms with Crippen molar-refractivity contribution in [3.63, 3.8) is 0 Å². The zero-order chi connectivity index (χ0) is 14.5. The molecule has 106 valence electrons. The number of hydrogen-bond donors (Lipinski definition) is 1. The topological polar surface area (TPSA) is 59.8 Å². The molecule has 0 fully saturated rings. The van der Waals surface area contributed by atoms with E-state index in [1.165, 1.54) is 11.3 Å². The minimum atomic E-state index is -0.220. The highest BCUT2D eigenvalue weighted by Crippen LogP contribution is 2.23. The van der Waals surface area contributed by atoms with Gasteiger partial charge in [0.2, 0.25) is 5.91 Å². The molecule has 1 N–H and O–H groups in total. The zero-order valence-electron chi connectivity index (χ0n) is 11.2. The largest absolute Gasteiger partial charge is 0.341 e. The van der Waals surface area contributed by atoms with E-state index < -0.39 is 0 Å². The average Bonchev–Trinajstić information content (AvgIpc) is 3.19. The fourth-order valence-corrected chi connectivity index (χ4v) is 2.78. The van der Waals surface area contributed by atoms with Gasteiger partial charge in [-0.15, -0.1) is 11.3 Å². The molecule has 5 nitrogen and oxygen atoms in total. The van der Waals surface area contributed by atoms with Crippen molar-refractivity contribution in [1.29, 1.82) is 0 Å². The molecule has 0 saturated carbocycles. The van der Waals surface area contributed by atoms with Crippen LogP contribution in [0.1, 0.15) is 16.6 Å². The van der Waals surface area contributed by atoms with Crippen LogP contribution in [0.15, 0.2) is 60.6 Å². The number of imidazole rings is 1. The number of carbonyl (C=O) groups is 1. The average molecular weight is 298 g/mol. The van der Waals surface area contributed by atoms with Gasteiger partial charge < -0.3 is 9.88 Å². The van der Waals surface area contributed by atoms with Crippen molar-refractivity contribution in [2.75, 3.05) is 0 Å². The van der Waals surface area contributed by atoms with Crippen molar-refractivity contribution in [1.82, 2.24) is 19.9 Å². The molecule has 0 saturated heterocycles. The van der Waals surface area contributed by atoms with E-state index in [1.54, 1.807) is 29.5 Å². The third-order valence-corrected chi connectivity index (χ3v) is 3.86. The molecule has 2 heterocycles. The van der Waals surface area contributed by atoms with Gasteiger partial charge in [-0.1, -0.05) is 30.3 Å². The number of aromatic nitrogens is 3. The summed E-state index contributed by atoms with van der Waals surface area (Å²) in [6.45, 7) is 0.245. The van der Waals surface area contributed by atoms with E-state index >= 15 is 0 Å². The van der Waals surface area contributed by atoms with Crippen LogP contribution in [0, 0.1) is 0 Å². The predicted octanol–water partition coefficient (Wildman–Crippen LogP) is 2.25. The second-order valence-electron chi connectivity index (χ2n) is 4.52. The van der Waals surface area contributed by atoms with E-state index in [4.69, 9.17) is 0 Å². The number of benzene rings is 1. The fourth-order valence-electron chi connectivity index (χ4n) is 2.06. The van der Waals surface area contributed by atoms with Gasteiger partial charge >= 0.3 is 0 Å². The van der Waals surface area contributed by atoms with Gasteiger partial charge in [-0.2, -0.15) is 0 Å². The molecule has 6 heteroatoms. The van der Waals surface area contributed by atoms with Crippen molar-refractivity contribution in [3.8, 4) is 0 Å². The first kappa shape index (κ1) is 13.5. The van der Waals surface area contributed by atoms with E-state index in [0.29, 0.717) is 0 Å². The summed E-state index contributed by atoms with van der Waals surface area (Å²) in [6, 6.07) is 9.63. The van der Waals surface area contributed by atoms with Crippen LogP contribution >= 0.6 is 11.3 Å². The summed E-state index contributed by atoms with van der Waals surface area (Å²) in [5.74, 6) is -0.0722. The highest BCUT2D eigenvalue weighted by molar-refractivity contribution is 7.09. The number of amides is 1. The zero-order valence-corrected chi connectivity index (χ0v) is 12.0. The Balaban J connectivity index is 1.78. The molecule has 0 radical (unpaired) electrons. The lowest BCUT2D eigenvalue weighted by Crippen LogP contribution is -2.31. The first-order valence-corrected chi connectivity index (χ1v) is 7.40. The molecule has 3 aromatic rings. The summed E-state index contributed by atoms with van der Waals surface area (Å²) in [4.78, 5) is 20.5. The number of rotatable bonds is 5. The van der Waals surface area contributed by atoms with Crippen LogP contribution in [-0.4, -0.2) is 20.4 Å². The molecule has 0 aliphatic carbocycles. The second-order valence-corrected chi connectivity index (χ2v) is 5.44. The highest BCUT2D eigenvalue weighted by atomic mass is 32.1. The molecule has 1 atom stereocenters. The van der Waals surface area contributed by atoms with E-state index in [0.717, 1.165) is 10.6 Å². The fraction of sp³-hybridized carbons (Fsp3) is 0.133. The SMILES string of the molecule is O=C(Cn1ccnc1)N[C@H](c1ccccc1)c1nccs1. The number of hydrogen-bond acceptors (Lipinski definition) is 4. The normalized spacial score (nSPS) is 12.0. The summed E-state index contributed by atoms with van der Waals surface area (Å²) >= 11 is 1.53. The van der Waals surface area contributed by atoms with Crippen LogP contribution in [0.4, 0.5) is 0 Å². The van der Waals surface area contributed by atoms with Gasteiger partial charge in [0, 0.05) is 24.0 Å². The van der Waals surface area contributed by atoms with Crippen LogP contribution in [0.2, 0.25) is 0 Å². The molecule has 0 spiro atoms. The summed E-state index contributed by atoms with van der Waals surface area (Å²) in [5, 5.41) is 5.82. The lowest BCUT2D eigenvalue weighted by atomic mass is 10.1. The first-order chi connectivity index (χ1) is 10.3. The van der Waals surface area contributed by atoms with Gasteiger partial charge in [0.25, 0.3) is 0 Å². The van der Waals surface area contributed by atoms with Crippen LogP contribution in [0.5, 0.6) is 0 Å². The number of nitrogens with one attached hydrogen (secondary N) is 1. The Labute approximate surface area is 126 Å². The molecule has 2 aromatic heterocycles. The predicted molar refractivity (Wildman–Crippen MR) is 80.8 cm³/mol. The standard InChI is InChI=1S/C15H14N4OS/c20-13(10-19-8-6-16-11-19)18-14(15-17-7-9-21-15)12-4-2-1-3-5-12/h1-9,11,14H,10H2,(H,18,20)/t14-/m1/s1. The molecule has 1 amide bonds. The van der Waals surface area contributed by atoms with Crippen molar-refractivity contribution in [2.24, 2.45) is 0 Å². The summed E-state index contributed by atoms with van der Waals surface area (Å²) in [6.07, 6.45) is 6.79. The quantitative estimate of drug-likeness (QED) is 0.786. The molecule has 21 heavy (non-hydrogen) atoms. The molecule has 0 aliphatic heterocycles. The van der Waals surface area contributed by atoms with Crippen molar-refractivity contribution in [2.45, 2.75) is 12.6 Å². The third-order valence-electron chi connectivity index (χ3n) is 3.02. The van der Waals surface area contributed by atoms with Gasteiger partial charge in [-0.25, -0.2) is 9.97 Å². The Bertz CT molecular complexity index is 680. The van der Waals surface area contributed by atoms with Crippen LogP contribution in [0.3, 0.4) is 0 Å². The molecule has 0 aliphatic rings. The van der Waals surface area contributed by atoms with Gasteiger partial charge in [0.15, 0.2) is 0 Å². The Hall–Kier alpha value is -2.47. The molecular formula is C15H14N4OS. The number of nitrogens with zero attached hydrogens (tertiary/aromatic N) is 3. The second kappa shape index (κ2) is 6.32. The Morgan fingerprint density at radius 3 is 2.81 bits per heavy atom. The van der Waals surface area contributed by atoms with E-state index in [2.05, 4.69) is 15.3 Å². The summed E-state index contributed by atoms with van der Waals surface area (Å²) < 4.78 is 1.74. The van der Waals surface area contributed by atoms with E-state index in [1.807, 2.05) is 35.7 Å². The monoisotopic (exact) mass is 298 g/mol. The molecule has 3 rings (SSSR count). The summed E-state index contributed by atoms with van der Waals surface area (Å²) in [5.41, 5.74) is 1.02. The third kappa shape index (κ3) is 3.35. The molecule has 0 unspecified atom stereocenters. The van der Waals surface area contributed by atoms with Crippen molar-refractivity contribution in [3.05, 3.63) is 71.2 Å². The summed E-state index contributed by atoms with van der Waals surface area (Å²) in [7, 11) is 0. The van der Waals surface area contributed by atoms with Crippen LogP contribution < -0.4 is 5.32 Å². The van der Waals surface area contributed by atoms with Crippen molar-refractivity contribution >= 4 is 17.2 Å². The molecule has 0 bridgehead atoms. The van der Waals surface area contributed by atoms with Crippen LogP contribution in [0.25, 0.3) is 0 Å². The van der Waals surface area contributed by atoms with Gasteiger partial charge in [0.1, 0.15) is 17.6 Å². The maximum absolute atomic E-state index is 12.2. The minimum absolute atomic E-state index is 0.0722. The van der Waals surface area contributed by atoms with E-state index in [9.17, 15) is 4.79 Å². The smallest absolute Gasteiger partial charge is 0.240 e. The Morgan fingerprint density at radius 1 is 1.29 bits per heavy atom. The molecular weight excluding hydrogens is 284 g/mol. The number of thiazole rings is 1. The van der Waals surface area contributed by atoms with Crippen LogP contribution in [-0.2, 0) is 11.3 Å².